The van der Waals surface area contributed by atoms with Gasteiger partial charge in [0.1, 0.15) is 31.0 Å². The predicted octanol–water partition coefficient (Wildman–Crippen LogP) is -0.186. The molecular formula is C23H36O12. The van der Waals surface area contributed by atoms with Crippen molar-refractivity contribution in [3.8, 4) is 0 Å². The average molecular weight is 505 g/mol. The van der Waals surface area contributed by atoms with Gasteiger partial charge in [0.2, 0.25) is 0 Å². The maximum atomic E-state index is 12.0. The molecule has 1 rings (SSSR count). The molecule has 7 atom stereocenters. The van der Waals surface area contributed by atoms with E-state index in [1.165, 1.54) is 13.2 Å². The number of carboxylic acid groups (broad SMARTS) is 1. The summed E-state index contributed by atoms with van der Waals surface area (Å²) in [5.74, 6) is -2.72. The number of ether oxygens (including phenoxy) is 4. The van der Waals surface area contributed by atoms with Gasteiger partial charge in [0.15, 0.2) is 6.29 Å². The van der Waals surface area contributed by atoms with Crippen LogP contribution in [0, 0.1) is 0 Å². The number of methoxy groups -OCH3 is 1. The zero-order chi connectivity index (χ0) is 27.0. The number of carbonyl (C=O) groups is 3. The standard InChI is InChI=1S/C23H36O12/c1-6-23(4,9-7-8-13(2)20(30)32-5)35-21-19(29)18(28)17(27)14(34-21)12-33-16(26)11-22(3,31)10-15(24)25/h6,8,14,17-19,21,27-29,31H,1,7,9-12H2,2-5H3,(H,24,25)/b13-8+. The van der Waals surface area contributed by atoms with Gasteiger partial charge in [-0.2, -0.15) is 0 Å². The highest BCUT2D eigenvalue weighted by Gasteiger charge is 2.46. The molecule has 0 aromatic rings. The summed E-state index contributed by atoms with van der Waals surface area (Å²) in [6, 6.07) is 0. The van der Waals surface area contributed by atoms with Crippen molar-refractivity contribution in [2.75, 3.05) is 13.7 Å². The Balaban J connectivity index is 2.80. The van der Waals surface area contributed by atoms with Gasteiger partial charge in [-0.25, -0.2) is 4.79 Å². The van der Waals surface area contributed by atoms with Crippen molar-refractivity contribution in [3.05, 3.63) is 24.3 Å². The number of aliphatic carboxylic acids is 1. The lowest BCUT2D eigenvalue weighted by atomic mass is 9.96. The molecule has 1 heterocycles. The van der Waals surface area contributed by atoms with Crippen LogP contribution in [0.2, 0.25) is 0 Å². The highest BCUT2D eigenvalue weighted by molar-refractivity contribution is 5.87. The van der Waals surface area contributed by atoms with Crippen LogP contribution in [0.5, 0.6) is 0 Å². The molecule has 1 fully saturated rings. The Bertz CT molecular complexity index is 791. The molecular weight excluding hydrogens is 468 g/mol. The Hall–Kier alpha value is -2.35. The molecule has 5 N–H and O–H groups in total. The third-order valence-corrected chi connectivity index (χ3v) is 5.55. The number of esters is 2. The third kappa shape index (κ3) is 9.67. The van der Waals surface area contributed by atoms with E-state index in [1.807, 2.05) is 0 Å². The van der Waals surface area contributed by atoms with E-state index in [9.17, 15) is 34.8 Å². The lowest BCUT2D eigenvalue weighted by molar-refractivity contribution is -0.320. The quantitative estimate of drug-likeness (QED) is 0.126. The zero-order valence-electron chi connectivity index (χ0n) is 20.4. The van der Waals surface area contributed by atoms with Crippen LogP contribution in [0.15, 0.2) is 24.3 Å². The highest BCUT2D eigenvalue weighted by atomic mass is 16.7. The Morgan fingerprint density at radius 1 is 1.09 bits per heavy atom. The first-order chi connectivity index (χ1) is 16.1. The van der Waals surface area contributed by atoms with Crippen molar-refractivity contribution in [3.63, 3.8) is 0 Å². The van der Waals surface area contributed by atoms with Crippen molar-refractivity contribution in [1.29, 1.82) is 0 Å². The van der Waals surface area contributed by atoms with E-state index >= 15 is 0 Å². The van der Waals surface area contributed by atoms with Crippen LogP contribution in [0.1, 0.15) is 46.5 Å². The van der Waals surface area contributed by atoms with E-state index < -0.39 is 79.3 Å². The molecule has 200 valence electrons. The Morgan fingerprint density at radius 3 is 2.26 bits per heavy atom. The minimum atomic E-state index is -1.84. The predicted molar refractivity (Wildman–Crippen MR) is 120 cm³/mol. The van der Waals surface area contributed by atoms with E-state index in [2.05, 4.69) is 11.3 Å². The van der Waals surface area contributed by atoms with Crippen LogP contribution >= 0.6 is 0 Å². The van der Waals surface area contributed by atoms with Gasteiger partial charge in [0.05, 0.1) is 31.2 Å². The molecule has 0 aliphatic carbocycles. The molecule has 0 radical (unpaired) electrons. The fourth-order valence-electron chi connectivity index (χ4n) is 3.37. The second-order valence-electron chi connectivity index (χ2n) is 8.99. The molecule has 35 heavy (non-hydrogen) atoms. The zero-order valence-corrected chi connectivity index (χ0v) is 20.4. The lowest BCUT2D eigenvalue weighted by Crippen LogP contribution is -2.60. The minimum Gasteiger partial charge on any atom is -0.481 e. The number of hydrogen-bond donors (Lipinski definition) is 5. The maximum Gasteiger partial charge on any atom is 0.333 e. The Kier molecular flexibility index (Phi) is 11.5. The molecule has 0 bridgehead atoms. The van der Waals surface area contributed by atoms with E-state index in [0.29, 0.717) is 18.4 Å². The van der Waals surface area contributed by atoms with Gasteiger partial charge in [-0.15, -0.1) is 6.58 Å². The van der Waals surface area contributed by atoms with E-state index in [1.54, 1.807) is 19.9 Å². The van der Waals surface area contributed by atoms with Crippen LogP contribution in [0.4, 0.5) is 0 Å². The van der Waals surface area contributed by atoms with Crippen molar-refractivity contribution in [1.82, 2.24) is 0 Å². The highest BCUT2D eigenvalue weighted by Crippen LogP contribution is 2.29. The molecule has 0 aromatic carbocycles. The summed E-state index contributed by atoms with van der Waals surface area (Å²) in [5.41, 5.74) is -2.52. The number of rotatable bonds is 13. The molecule has 7 unspecified atom stereocenters. The molecule has 1 aliphatic rings. The van der Waals surface area contributed by atoms with Crippen LogP contribution in [0.25, 0.3) is 0 Å². The van der Waals surface area contributed by atoms with Gasteiger partial charge >= 0.3 is 17.9 Å². The van der Waals surface area contributed by atoms with E-state index in [4.69, 9.17) is 19.3 Å². The number of hydrogen-bond acceptors (Lipinski definition) is 11. The fourth-order valence-corrected chi connectivity index (χ4v) is 3.37. The van der Waals surface area contributed by atoms with Gasteiger partial charge in [-0.3, -0.25) is 9.59 Å². The van der Waals surface area contributed by atoms with Gasteiger partial charge in [0.25, 0.3) is 0 Å². The number of aliphatic hydroxyl groups is 4. The summed E-state index contributed by atoms with van der Waals surface area (Å²) in [6.07, 6.45) is -5.18. The summed E-state index contributed by atoms with van der Waals surface area (Å²) < 4.78 is 21.0. The molecule has 0 spiro atoms. The van der Waals surface area contributed by atoms with Gasteiger partial charge in [-0.05, 0) is 33.6 Å². The molecule has 1 saturated heterocycles. The van der Waals surface area contributed by atoms with Gasteiger partial charge in [0, 0.05) is 5.57 Å². The summed E-state index contributed by atoms with van der Waals surface area (Å²) in [5, 5.41) is 49.6. The lowest BCUT2D eigenvalue weighted by Gasteiger charge is -2.43. The topological polar surface area (TPSA) is 189 Å². The molecule has 1 aliphatic heterocycles. The smallest absolute Gasteiger partial charge is 0.333 e. The normalized spacial score (nSPS) is 28.3. The average Bonchev–Trinajstić information content (AvgIpc) is 2.76. The molecule has 0 amide bonds. The molecule has 0 aromatic heterocycles. The van der Waals surface area contributed by atoms with Crippen molar-refractivity contribution < 1.29 is 58.9 Å². The summed E-state index contributed by atoms with van der Waals surface area (Å²) in [4.78, 5) is 34.3. The third-order valence-electron chi connectivity index (χ3n) is 5.55. The first-order valence-electron chi connectivity index (χ1n) is 11.0. The number of carboxylic acids is 1. The summed E-state index contributed by atoms with van der Waals surface area (Å²) in [7, 11) is 1.27. The second kappa shape index (κ2) is 13.1. The number of carbonyl (C=O) groups excluding carboxylic acids is 2. The van der Waals surface area contributed by atoms with Crippen LogP contribution in [-0.2, 0) is 33.3 Å². The van der Waals surface area contributed by atoms with E-state index in [-0.39, 0.29) is 0 Å². The first-order valence-corrected chi connectivity index (χ1v) is 11.0. The van der Waals surface area contributed by atoms with Crippen molar-refractivity contribution in [2.24, 2.45) is 0 Å². The van der Waals surface area contributed by atoms with E-state index in [0.717, 1.165) is 6.92 Å². The van der Waals surface area contributed by atoms with Crippen LogP contribution < -0.4 is 0 Å². The molecule has 0 saturated carbocycles. The maximum absolute atomic E-state index is 12.0. The molecule has 12 heteroatoms. The van der Waals surface area contributed by atoms with Crippen molar-refractivity contribution >= 4 is 17.9 Å². The van der Waals surface area contributed by atoms with Crippen LogP contribution in [-0.4, -0.2) is 99.1 Å². The van der Waals surface area contributed by atoms with Crippen molar-refractivity contribution in [2.45, 2.75) is 88.4 Å². The second-order valence-corrected chi connectivity index (χ2v) is 8.99. The minimum absolute atomic E-state index is 0.314. The number of allylic oxidation sites excluding steroid dienone is 1. The SMILES string of the molecule is C=CC(C)(CC/C=C(\C)C(=O)OC)OC1OC(COC(=O)CC(C)(O)CC(=O)O)C(O)C(O)C1O. The largest absolute Gasteiger partial charge is 0.481 e. The fraction of sp³-hybridized carbons (Fsp3) is 0.696. The number of aliphatic hydroxyl groups excluding tert-OH is 3. The Morgan fingerprint density at radius 2 is 1.71 bits per heavy atom. The molecule has 12 nitrogen and oxygen atoms in total. The first kappa shape index (κ1) is 30.7. The summed E-state index contributed by atoms with van der Waals surface area (Å²) in [6.45, 7) is 7.57. The monoisotopic (exact) mass is 504 g/mol. The summed E-state index contributed by atoms with van der Waals surface area (Å²) >= 11 is 0. The van der Waals surface area contributed by atoms with Gasteiger partial charge < -0.3 is 44.5 Å². The van der Waals surface area contributed by atoms with Crippen LogP contribution in [0.3, 0.4) is 0 Å². The van der Waals surface area contributed by atoms with Gasteiger partial charge in [-0.1, -0.05) is 12.2 Å². The Labute approximate surface area is 203 Å².